The molecule has 21 heavy (non-hydrogen) atoms. The maximum Gasteiger partial charge on any atom is 0.573 e. The van der Waals surface area contributed by atoms with Gasteiger partial charge in [0.15, 0.2) is 0 Å². The highest BCUT2D eigenvalue weighted by Crippen LogP contribution is 2.20. The second-order valence-electron chi connectivity index (χ2n) is 4.59. The maximum absolute atomic E-state index is 11.9. The van der Waals surface area contributed by atoms with E-state index < -0.39 is 12.1 Å². The first kappa shape index (κ1) is 19.7. The minimum atomic E-state index is -4.69. The first-order chi connectivity index (χ1) is 9.76. The molecule has 0 N–H and O–H groups in total. The number of allylic oxidation sites excluding steroid dienone is 1. The summed E-state index contributed by atoms with van der Waals surface area (Å²) in [6.45, 7) is 15.5. The van der Waals surface area contributed by atoms with Crippen molar-refractivity contribution < 1.29 is 17.9 Å². The summed E-state index contributed by atoms with van der Waals surface area (Å²) < 4.78 is 39.3. The molecule has 0 saturated carbocycles. The largest absolute Gasteiger partial charge is 0.573 e. The van der Waals surface area contributed by atoms with Crippen molar-refractivity contribution in [1.29, 1.82) is 0 Å². The van der Waals surface area contributed by atoms with Crippen LogP contribution < -0.4 is 0 Å². The Hall–Kier alpha value is -1.27. The Labute approximate surface area is 125 Å². The summed E-state index contributed by atoms with van der Waals surface area (Å²) in [5, 5.41) is 0. The summed E-state index contributed by atoms with van der Waals surface area (Å²) >= 11 is 0. The number of rotatable bonds is 5. The molecule has 1 aliphatic heterocycles. The number of halogens is 3. The van der Waals surface area contributed by atoms with Crippen LogP contribution in [0.3, 0.4) is 0 Å². The molecule has 0 aromatic rings. The smallest absolute Gasteiger partial charge is 0.406 e. The van der Waals surface area contributed by atoms with Crippen molar-refractivity contribution in [2.24, 2.45) is 0 Å². The fourth-order valence-corrected chi connectivity index (χ4v) is 1.74. The van der Waals surface area contributed by atoms with Crippen LogP contribution in [0.15, 0.2) is 36.6 Å². The molecule has 0 amide bonds. The molecule has 1 rings (SSSR count). The van der Waals surface area contributed by atoms with Gasteiger partial charge in [-0.25, -0.2) is 0 Å². The lowest BCUT2D eigenvalue weighted by Crippen LogP contribution is -2.44. The molecule has 1 heterocycles. The molecule has 0 spiro atoms. The van der Waals surface area contributed by atoms with Gasteiger partial charge in [0.1, 0.15) is 5.76 Å². The van der Waals surface area contributed by atoms with Crippen molar-refractivity contribution in [2.45, 2.75) is 20.2 Å². The van der Waals surface area contributed by atoms with Crippen LogP contribution in [0.5, 0.6) is 0 Å². The molecule has 0 bridgehead atoms. The second-order valence-corrected chi connectivity index (χ2v) is 4.59. The first-order valence-corrected chi connectivity index (χ1v) is 6.97. The fraction of sp³-hybridized carbons (Fsp3) is 0.600. The third-order valence-electron chi connectivity index (χ3n) is 2.77. The molecular weight excluding hydrogens is 281 g/mol. The van der Waals surface area contributed by atoms with E-state index in [0.29, 0.717) is 6.54 Å². The molecule has 1 aliphatic rings. The third kappa shape index (κ3) is 10.1. The van der Waals surface area contributed by atoms with Gasteiger partial charge in [0, 0.05) is 32.7 Å². The van der Waals surface area contributed by atoms with Crippen molar-refractivity contribution in [2.75, 3.05) is 39.8 Å². The summed E-state index contributed by atoms with van der Waals surface area (Å²) in [6.07, 6.45) is -2.00. The van der Waals surface area contributed by atoms with Crippen molar-refractivity contribution in [3.05, 3.63) is 36.6 Å². The summed E-state index contributed by atoms with van der Waals surface area (Å²) in [4.78, 5) is 4.44. The van der Waals surface area contributed by atoms with E-state index in [0.717, 1.165) is 31.8 Å². The highest BCUT2D eigenvalue weighted by Gasteiger charge is 2.30. The van der Waals surface area contributed by atoms with Gasteiger partial charge in [0.25, 0.3) is 0 Å². The lowest BCUT2D eigenvalue weighted by atomic mass is 10.2. The van der Waals surface area contributed by atoms with E-state index in [4.69, 9.17) is 0 Å². The van der Waals surface area contributed by atoms with Crippen molar-refractivity contribution in [1.82, 2.24) is 9.80 Å². The molecule has 0 aromatic heterocycles. The standard InChI is InChI=1S/C13H19F3N2O.C2H6/c1-11(4-5-12(2)19-13(14,15)16)10-18-8-6-17(3)7-9-18;1-2/h4-5H,1-2,6-10H2,3H3;1-2H3/b5-4-;. The van der Waals surface area contributed by atoms with Gasteiger partial charge in [-0.15, -0.1) is 13.2 Å². The molecule has 3 nitrogen and oxygen atoms in total. The van der Waals surface area contributed by atoms with E-state index in [1.54, 1.807) is 0 Å². The van der Waals surface area contributed by atoms with E-state index in [9.17, 15) is 13.2 Å². The summed E-state index contributed by atoms with van der Waals surface area (Å²) in [7, 11) is 2.06. The van der Waals surface area contributed by atoms with Gasteiger partial charge in [0.2, 0.25) is 0 Å². The van der Waals surface area contributed by atoms with E-state index >= 15 is 0 Å². The van der Waals surface area contributed by atoms with Gasteiger partial charge in [-0.3, -0.25) is 4.90 Å². The number of hydrogen-bond acceptors (Lipinski definition) is 3. The average Bonchev–Trinajstić information content (AvgIpc) is 2.40. The molecule has 0 aliphatic carbocycles. The Bertz CT molecular complexity index is 356. The van der Waals surface area contributed by atoms with Crippen LogP contribution in [0.4, 0.5) is 13.2 Å². The molecule has 1 saturated heterocycles. The molecule has 0 aromatic carbocycles. The van der Waals surface area contributed by atoms with Gasteiger partial charge >= 0.3 is 6.36 Å². The van der Waals surface area contributed by atoms with Crippen molar-refractivity contribution >= 4 is 0 Å². The van der Waals surface area contributed by atoms with Gasteiger partial charge < -0.3 is 9.64 Å². The highest BCUT2D eigenvalue weighted by atomic mass is 19.4. The first-order valence-electron chi connectivity index (χ1n) is 6.97. The topological polar surface area (TPSA) is 15.7 Å². The van der Waals surface area contributed by atoms with Gasteiger partial charge in [-0.1, -0.05) is 33.1 Å². The maximum atomic E-state index is 11.9. The van der Waals surface area contributed by atoms with Crippen LogP contribution in [-0.4, -0.2) is 55.9 Å². The average molecular weight is 306 g/mol. The van der Waals surface area contributed by atoms with Crippen LogP contribution >= 0.6 is 0 Å². The van der Waals surface area contributed by atoms with E-state index in [1.807, 2.05) is 13.8 Å². The number of likely N-dealkylation sites (N-methyl/N-ethyl adjacent to an activating group) is 1. The number of piperazine rings is 1. The van der Waals surface area contributed by atoms with Crippen LogP contribution in [0.1, 0.15) is 13.8 Å². The summed E-state index contributed by atoms with van der Waals surface area (Å²) in [5.41, 5.74) is 0.733. The number of ether oxygens (including phenoxy) is 1. The Morgan fingerprint density at radius 2 is 1.62 bits per heavy atom. The Morgan fingerprint density at radius 3 is 2.10 bits per heavy atom. The van der Waals surface area contributed by atoms with E-state index in [2.05, 4.69) is 34.7 Å². The zero-order chi connectivity index (χ0) is 16.5. The quantitative estimate of drug-likeness (QED) is 0.572. The predicted octanol–water partition coefficient (Wildman–Crippen LogP) is 3.42. The van der Waals surface area contributed by atoms with Crippen LogP contribution in [0.25, 0.3) is 0 Å². The van der Waals surface area contributed by atoms with Crippen LogP contribution in [0, 0.1) is 0 Å². The van der Waals surface area contributed by atoms with Crippen molar-refractivity contribution in [3.63, 3.8) is 0 Å². The minimum Gasteiger partial charge on any atom is -0.406 e. The Morgan fingerprint density at radius 1 is 1.10 bits per heavy atom. The zero-order valence-electron chi connectivity index (χ0n) is 13.0. The monoisotopic (exact) mass is 306 g/mol. The second kappa shape index (κ2) is 9.63. The molecule has 0 atom stereocenters. The van der Waals surface area contributed by atoms with Gasteiger partial charge in [0.05, 0.1) is 0 Å². The Kier molecular flexibility index (Phi) is 9.05. The highest BCUT2D eigenvalue weighted by molar-refractivity contribution is 5.22. The lowest BCUT2D eigenvalue weighted by molar-refractivity contribution is -0.303. The molecule has 6 heteroatoms. The summed E-state index contributed by atoms with van der Waals surface area (Å²) in [5.74, 6) is -0.438. The number of alkyl halides is 3. The molecule has 122 valence electrons. The van der Waals surface area contributed by atoms with E-state index in [-0.39, 0.29) is 0 Å². The van der Waals surface area contributed by atoms with Crippen LogP contribution in [0.2, 0.25) is 0 Å². The zero-order valence-corrected chi connectivity index (χ0v) is 13.0. The number of nitrogens with zero attached hydrogens (tertiary/aromatic N) is 2. The SMILES string of the molecule is C=C(/C=C\C(=C)OC(F)(F)F)CN1CCN(C)CC1.CC. The van der Waals surface area contributed by atoms with Crippen LogP contribution in [-0.2, 0) is 4.74 Å². The lowest BCUT2D eigenvalue weighted by Gasteiger charge is -2.32. The Balaban J connectivity index is 0.00000191. The molecule has 1 fully saturated rings. The van der Waals surface area contributed by atoms with Crippen molar-refractivity contribution in [3.8, 4) is 0 Å². The fourth-order valence-electron chi connectivity index (χ4n) is 1.74. The predicted molar refractivity (Wildman–Crippen MR) is 79.8 cm³/mol. The minimum absolute atomic E-state index is 0.438. The van der Waals surface area contributed by atoms with Gasteiger partial charge in [-0.05, 0) is 18.7 Å². The van der Waals surface area contributed by atoms with Gasteiger partial charge in [-0.2, -0.15) is 0 Å². The normalized spacial score (nSPS) is 17.2. The number of hydrogen-bond donors (Lipinski definition) is 0. The molecule has 0 unspecified atom stereocenters. The van der Waals surface area contributed by atoms with E-state index in [1.165, 1.54) is 12.2 Å². The molecular formula is C15H25F3N2O. The summed E-state index contributed by atoms with van der Waals surface area (Å²) in [6, 6.07) is 0. The molecule has 0 radical (unpaired) electrons. The third-order valence-corrected chi connectivity index (χ3v) is 2.77.